The highest BCUT2D eigenvalue weighted by atomic mass is 14.9. The van der Waals surface area contributed by atoms with Crippen LogP contribution in [0.3, 0.4) is 0 Å². The van der Waals surface area contributed by atoms with Crippen LogP contribution in [0.2, 0.25) is 0 Å². The van der Waals surface area contributed by atoms with Gasteiger partial charge in [0.2, 0.25) is 0 Å². The quantitative estimate of drug-likeness (QED) is 0.540. The summed E-state index contributed by atoms with van der Waals surface area (Å²) in [4.78, 5) is 14.2. The van der Waals surface area contributed by atoms with Gasteiger partial charge in [-0.15, -0.1) is 0 Å². The fourth-order valence-corrected chi connectivity index (χ4v) is 4.96. The predicted octanol–water partition coefficient (Wildman–Crippen LogP) is 5.82. The molecule has 152 valence electrons. The third kappa shape index (κ3) is 3.27. The van der Waals surface area contributed by atoms with Crippen LogP contribution in [-0.2, 0) is 6.42 Å². The summed E-state index contributed by atoms with van der Waals surface area (Å²) in [5.41, 5.74) is 8.19. The second-order valence-electron chi connectivity index (χ2n) is 8.60. The summed E-state index contributed by atoms with van der Waals surface area (Å²) in [6, 6.07) is 14.8. The van der Waals surface area contributed by atoms with Gasteiger partial charge in [0.15, 0.2) is 5.82 Å². The number of pyridine rings is 1. The van der Waals surface area contributed by atoms with Crippen molar-refractivity contribution >= 4 is 0 Å². The molecule has 0 aliphatic heterocycles. The van der Waals surface area contributed by atoms with Crippen LogP contribution < -0.4 is 0 Å². The van der Waals surface area contributed by atoms with Crippen molar-refractivity contribution in [3.8, 4) is 28.7 Å². The molecule has 0 saturated heterocycles. The Bertz CT molecular complexity index is 1230. The Hall–Kier alpha value is -3.58. The molecule has 31 heavy (non-hydrogen) atoms. The van der Waals surface area contributed by atoms with Gasteiger partial charge in [-0.3, -0.25) is 4.98 Å². The molecular formula is C27H24N4. The molecule has 2 aliphatic carbocycles. The molecule has 2 heterocycles. The van der Waals surface area contributed by atoms with Crippen LogP contribution in [0.5, 0.6) is 0 Å². The maximum atomic E-state index is 9.69. The molecule has 3 unspecified atom stereocenters. The topological polar surface area (TPSA) is 62.5 Å². The van der Waals surface area contributed by atoms with E-state index >= 15 is 0 Å². The maximum absolute atomic E-state index is 9.69. The minimum absolute atomic E-state index is 0.103. The highest BCUT2D eigenvalue weighted by molar-refractivity contribution is 5.69. The fraction of sp³-hybridized carbons (Fsp3) is 0.259. The van der Waals surface area contributed by atoms with E-state index in [9.17, 15) is 5.26 Å². The summed E-state index contributed by atoms with van der Waals surface area (Å²) in [7, 11) is 0. The van der Waals surface area contributed by atoms with E-state index in [1.807, 2.05) is 12.1 Å². The number of aromatic nitrogens is 3. The first-order chi connectivity index (χ1) is 15.1. The number of fused-ring (bicyclic) bond motifs is 3. The van der Waals surface area contributed by atoms with Gasteiger partial charge >= 0.3 is 0 Å². The van der Waals surface area contributed by atoms with Crippen molar-refractivity contribution in [1.29, 1.82) is 5.26 Å². The Labute approximate surface area is 183 Å². The lowest BCUT2D eigenvalue weighted by atomic mass is 9.65. The van der Waals surface area contributed by atoms with Crippen LogP contribution in [0.15, 0.2) is 72.6 Å². The Balaban J connectivity index is 1.76. The molecule has 2 aliphatic rings. The smallest absolute Gasteiger partial charge is 0.160 e. The molecule has 5 rings (SSSR count). The van der Waals surface area contributed by atoms with Gasteiger partial charge in [0, 0.05) is 35.0 Å². The van der Waals surface area contributed by atoms with Crippen molar-refractivity contribution in [3.63, 3.8) is 0 Å². The van der Waals surface area contributed by atoms with E-state index in [1.54, 1.807) is 12.4 Å². The molecule has 2 aromatic heterocycles. The predicted molar refractivity (Wildman–Crippen MR) is 122 cm³/mol. The zero-order chi connectivity index (χ0) is 21.5. The maximum Gasteiger partial charge on any atom is 0.160 e. The summed E-state index contributed by atoms with van der Waals surface area (Å²) in [5, 5.41) is 9.69. The van der Waals surface area contributed by atoms with Crippen LogP contribution in [0.1, 0.15) is 36.1 Å². The van der Waals surface area contributed by atoms with Gasteiger partial charge in [-0.2, -0.15) is 5.26 Å². The summed E-state index contributed by atoms with van der Waals surface area (Å²) < 4.78 is 0. The molecule has 0 bridgehead atoms. The second-order valence-corrected chi connectivity index (χ2v) is 8.60. The molecule has 1 aromatic carbocycles. The van der Waals surface area contributed by atoms with E-state index in [4.69, 9.17) is 9.97 Å². The van der Waals surface area contributed by atoms with Gasteiger partial charge in [-0.25, -0.2) is 9.97 Å². The SMILES string of the molecule is C=C1C(C#N)=CC2c3nc(-c4ccncc4)nc(-c4ccc(C)cc4)c3CCC2C1C. The van der Waals surface area contributed by atoms with Crippen LogP contribution in [0, 0.1) is 30.1 Å². The molecule has 3 aromatic rings. The minimum atomic E-state index is 0.103. The lowest BCUT2D eigenvalue weighted by Gasteiger charge is -2.39. The summed E-state index contributed by atoms with van der Waals surface area (Å²) >= 11 is 0. The first-order valence-corrected chi connectivity index (χ1v) is 10.8. The molecule has 0 fully saturated rings. The van der Waals surface area contributed by atoms with Gasteiger partial charge in [0.05, 0.1) is 23.0 Å². The molecule has 0 saturated carbocycles. The second kappa shape index (κ2) is 7.59. The molecule has 0 N–H and O–H groups in total. The number of nitriles is 1. The average molecular weight is 405 g/mol. The monoisotopic (exact) mass is 404 g/mol. The van der Waals surface area contributed by atoms with Crippen LogP contribution in [0.4, 0.5) is 0 Å². The van der Waals surface area contributed by atoms with Crippen LogP contribution in [0.25, 0.3) is 22.6 Å². The molecule has 3 atom stereocenters. The van der Waals surface area contributed by atoms with Crippen molar-refractivity contribution in [2.75, 3.05) is 0 Å². The zero-order valence-corrected chi connectivity index (χ0v) is 17.8. The van der Waals surface area contributed by atoms with E-state index in [1.165, 1.54) is 11.1 Å². The molecule has 0 amide bonds. The van der Waals surface area contributed by atoms with E-state index < -0.39 is 0 Å². The van der Waals surface area contributed by atoms with Crippen molar-refractivity contribution in [2.24, 2.45) is 11.8 Å². The van der Waals surface area contributed by atoms with E-state index in [2.05, 4.69) is 61.8 Å². The highest BCUT2D eigenvalue weighted by Gasteiger charge is 2.39. The Morgan fingerprint density at radius 3 is 2.48 bits per heavy atom. The number of hydrogen-bond donors (Lipinski definition) is 0. The van der Waals surface area contributed by atoms with Crippen LogP contribution in [-0.4, -0.2) is 15.0 Å². The standard InChI is InChI=1S/C27H24N4/c1-16-4-6-19(7-5-16)25-23-9-8-22-18(3)17(2)21(15-28)14-24(22)26(23)31-27(30-25)20-10-12-29-13-11-20/h4-7,10-14,18,22,24H,2,8-9H2,1,3H3. The molecule has 0 spiro atoms. The first-order valence-electron chi connectivity index (χ1n) is 10.8. The van der Waals surface area contributed by atoms with Gasteiger partial charge in [0.25, 0.3) is 0 Å². The number of nitrogens with zero attached hydrogens (tertiary/aromatic N) is 4. The van der Waals surface area contributed by atoms with Crippen molar-refractivity contribution in [3.05, 3.63) is 89.4 Å². The van der Waals surface area contributed by atoms with Crippen molar-refractivity contribution in [2.45, 2.75) is 32.6 Å². The van der Waals surface area contributed by atoms with E-state index in [0.29, 0.717) is 17.3 Å². The highest BCUT2D eigenvalue weighted by Crippen LogP contribution is 2.49. The molecule has 0 radical (unpaired) electrons. The van der Waals surface area contributed by atoms with Gasteiger partial charge in [0.1, 0.15) is 0 Å². The Morgan fingerprint density at radius 2 is 1.77 bits per heavy atom. The number of aryl methyl sites for hydroxylation is 1. The molecular weight excluding hydrogens is 380 g/mol. The lowest BCUT2D eigenvalue weighted by Crippen LogP contribution is -2.31. The van der Waals surface area contributed by atoms with Crippen LogP contribution >= 0.6 is 0 Å². The third-order valence-electron chi connectivity index (χ3n) is 6.81. The number of rotatable bonds is 2. The zero-order valence-electron chi connectivity index (χ0n) is 17.8. The summed E-state index contributed by atoms with van der Waals surface area (Å²) in [5.74, 6) is 1.48. The summed E-state index contributed by atoms with van der Waals surface area (Å²) in [6.07, 6.45) is 7.61. The van der Waals surface area contributed by atoms with Crippen molar-refractivity contribution in [1.82, 2.24) is 15.0 Å². The van der Waals surface area contributed by atoms with Crippen molar-refractivity contribution < 1.29 is 0 Å². The average Bonchev–Trinajstić information content (AvgIpc) is 2.81. The first kappa shape index (κ1) is 19.4. The Kier molecular flexibility index (Phi) is 4.75. The largest absolute Gasteiger partial charge is 0.265 e. The number of benzene rings is 1. The minimum Gasteiger partial charge on any atom is -0.265 e. The van der Waals surface area contributed by atoms with Gasteiger partial charge in [-0.05, 0) is 49.3 Å². The number of allylic oxidation sites excluding steroid dienone is 3. The van der Waals surface area contributed by atoms with Gasteiger partial charge < -0.3 is 0 Å². The van der Waals surface area contributed by atoms with E-state index in [0.717, 1.165) is 40.9 Å². The third-order valence-corrected chi connectivity index (χ3v) is 6.81. The summed E-state index contributed by atoms with van der Waals surface area (Å²) in [6.45, 7) is 8.49. The lowest BCUT2D eigenvalue weighted by molar-refractivity contribution is 0.315. The number of hydrogen-bond acceptors (Lipinski definition) is 4. The molecule has 4 heteroatoms. The Morgan fingerprint density at radius 1 is 1.03 bits per heavy atom. The molecule has 4 nitrogen and oxygen atoms in total. The fourth-order valence-electron chi connectivity index (χ4n) is 4.96. The van der Waals surface area contributed by atoms with Gasteiger partial charge in [-0.1, -0.05) is 49.4 Å². The van der Waals surface area contributed by atoms with E-state index in [-0.39, 0.29) is 11.8 Å². The normalized spacial score (nSPS) is 22.2.